The van der Waals surface area contributed by atoms with E-state index in [1.807, 2.05) is 18.2 Å². The first-order valence-electron chi connectivity index (χ1n) is 10.4. The predicted molar refractivity (Wildman–Crippen MR) is 122 cm³/mol. The number of pyridine rings is 1. The number of ether oxygens (including phenoxy) is 1. The number of hydrogen-bond acceptors (Lipinski definition) is 7. The third kappa shape index (κ3) is 3.78. The Morgan fingerprint density at radius 1 is 1.25 bits per heavy atom. The average molecular weight is 452 g/mol. The topological polar surface area (TPSA) is 104 Å². The van der Waals surface area contributed by atoms with Crippen LogP contribution in [0.25, 0.3) is 0 Å². The van der Waals surface area contributed by atoms with Gasteiger partial charge in [0, 0.05) is 17.1 Å². The SMILES string of the molecule is COc1ccc2c(c1)C(=O)N(c1nc(C(=O)Nc3cnccc3N3CC[NH2+]CC3)cs1)C2. The van der Waals surface area contributed by atoms with Crippen molar-refractivity contribution in [3.63, 3.8) is 0 Å². The fourth-order valence-corrected chi connectivity index (χ4v) is 4.79. The second-order valence-corrected chi connectivity index (χ2v) is 8.47. The fourth-order valence-electron chi connectivity index (χ4n) is 3.99. The van der Waals surface area contributed by atoms with Crippen molar-refractivity contribution in [2.45, 2.75) is 6.54 Å². The highest BCUT2D eigenvalue weighted by Crippen LogP contribution is 2.33. The first-order valence-corrected chi connectivity index (χ1v) is 11.3. The molecule has 1 aromatic carbocycles. The van der Waals surface area contributed by atoms with Gasteiger partial charge in [-0.1, -0.05) is 6.07 Å². The number of nitrogens with zero attached hydrogens (tertiary/aromatic N) is 4. The standard InChI is InChI=1S/C22H22N6O3S/c1-31-15-3-2-14-12-28(21(30)16(14)10-15)22-26-18(13-32-22)20(29)25-17-11-24-5-4-19(17)27-8-6-23-7-9-27/h2-5,10-11,13,23H,6-9,12H2,1H3,(H,25,29)/p+1. The largest absolute Gasteiger partial charge is 0.497 e. The molecule has 0 aliphatic carbocycles. The van der Waals surface area contributed by atoms with Crippen molar-refractivity contribution in [3.8, 4) is 5.75 Å². The van der Waals surface area contributed by atoms with E-state index in [1.165, 1.54) is 11.3 Å². The second-order valence-electron chi connectivity index (χ2n) is 7.63. The van der Waals surface area contributed by atoms with Crippen LogP contribution in [0.1, 0.15) is 26.4 Å². The van der Waals surface area contributed by atoms with Crippen molar-refractivity contribution in [1.29, 1.82) is 0 Å². The molecule has 10 heteroatoms. The quantitative estimate of drug-likeness (QED) is 0.607. The summed E-state index contributed by atoms with van der Waals surface area (Å²) in [6.07, 6.45) is 3.39. The van der Waals surface area contributed by atoms with Crippen molar-refractivity contribution < 1.29 is 19.6 Å². The van der Waals surface area contributed by atoms with Crippen LogP contribution < -0.4 is 25.2 Å². The number of anilines is 3. The zero-order valence-corrected chi connectivity index (χ0v) is 18.4. The summed E-state index contributed by atoms with van der Waals surface area (Å²) in [7, 11) is 1.57. The highest BCUT2D eigenvalue weighted by Gasteiger charge is 2.31. The molecule has 0 bridgehead atoms. The molecular formula is C22H23N6O3S+. The highest BCUT2D eigenvalue weighted by molar-refractivity contribution is 7.14. The molecule has 0 atom stereocenters. The molecule has 0 unspecified atom stereocenters. The lowest BCUT2D eigenvalue weighted by molar-refractivity contribution is -0.655. The van der Waals surface area contributed by atoms with Gasteiger partial charge < -0.3 is 20.3 Å². The fraction of sp³-hybridized carbons (Fsp3) is 0.273. The number of nitrogens with two attached hydrogens (primary N) is 1. The van der Waals surface area contributed by atoms with Gasteiger partial charge in [0.05, 0.1) is 57.4 Å². The summed E-state index contributed by atoms with van der Waals surface area (Å²) in [5.41, 5.74) is 3.40. The lowest BCUT2D eigenvalue weighted by Crippen LogP contribution is -2.89. The van der Waals surface area contributed by atoms with Gasteiger partial charge >= 0.3 is 0 Å². The molecule has 2 aliphatic rings. The van der Waals surface area contributed by atoms with E-state index in [4.69, 9.17) is 4.74 Å². The van der Waals surface area contributed by atoms with Crippen molar-refractivity contribution in [3.05, 3.63) is 58.9 Å². The van der Waals surface area contributed by atoms with Crippen LogP contribution in [-0.2, 0) is 6.54 Å². The molecule has 0 radical (unpaired) electrons. The molecule has 2 aromatic heterocycles. The molecule has 9 nitrogen and oxygen atoms in total. The Hall–Kier alpha value is -3.50. The average Bonchev–Trinajstić information content (AvgIpc) is 3.45. The molecule has 2 aliphatic heterocycles. The number of amides is 2. The first-order chi connectivity index (χ1) is 15.6. The number of hydrogen-bond donors (Lipinski definition) is 2. The molecule has 4 heterocycles. The number of aromatic nitrogens is 2. The minimum atomic E-state index is -0.323. The zero-order chi connectivity index (χ0) is 22.1. The van der Waals surface area contributed by atoms with E-state index >= 15 is 0 Å². The van der Waals surface area contributed by atoms with E-state index in [0.717, 1.165) is 37.4 Å². The van der Waals surface area contributed by atoms with E-state index < -0.39 is 0 Å². The lowest BCUT2D eigenvalue weighted by Gasteiger charge is -2.28. The van der Waals surface area contributed by atoms with Crippen LogP contribution in [0.2, 0.25) is 0 Å². The number of methoxy groups -OCH3 is 1. The summed E-state index contributed by atoms with van der Waals surface area (Å²) in [5.74, 6) is 0.171. The summed E-state index contributed by atoms with van der Waals surface area (Å²) in [4.78, 5) is 38.3. The zero-order valence-electron chi connectivity index (χ0n) is 17.6. The van der Waals surface area contributed by atoms with E-state index in [1.54, 1.807) is 35.8 Å². The van der Waals surface area contributed by atoms with Gasteiger partial charge in [-0.05, 0) is 23.8 Å². The maximum atomic E-state index is 12.9. The van der Waals surface area contributed by atoms with Crippen molar-refractivity contribution >= 4 is 39.7 Å². The second kappa shape index (κ2) is 8.56. The summed E-state index contributed by atoms with van der Waals surface area (Å²) in [5, 5.41) is 7.39. The van der Waals surface area contributed by atoms with Gasteiger partial charge in [-0.2, -0.15) is 0 Å². The van der Waals surface area contributed by atoms with E-state index in [2.05, 4.69) is 25.5 Å². The Morgan fingerprint density at radius 3 is 2.91 bits per heavy atom. The normalized spacial score (nSPS) is 15.6. The van der Waals surface area contributed by atoms with Gasteiger partial charge in [-0.15, -0.1) is 11.3 Å². The van der Waals surface area contributed by atoms with Crippen LogP contribution in [0.3, 0.4) is 0 Å². The maximum Gasteiger partial charge on any atom is 0.275 e. The Bertz CT molecular complexity index is 1170. The Labute approximate surface area is 189 Å². The molecular weight excluding hydrogens is 428 g/mol. The van der Waals surface area contributed by atoms with Crippen LogP contribution in [0, 0.1) is 0 Å². The van der Waals surface area contributed by atoms with Gasteiger partial charge in [0.2, 0.25) is 0 Å². The molecule has 5 rings (SSSR count). The number of rotatable bonds is 5. The Balaban J connectivity index is 1.33. The molecule has 3 aromatic rings. The van der Waals surface area contributed by atoms with Gasteiger partial charge in [0.1, 0.15) is 11.4 Å². The van der Waals surface area contributed by atoms with E-state index in [-0.39, 0.29) is 17.5 Å². The summed E-state index contributed by atoms with van der Waals surface area (Å²) in [6, 6.07) is 7.38. The Morgan fingerprint density at radius 2 is 2.09 bits per heavy atom. The number of carbonyl (C=O) groups excluding carboxylic acids is 2. The number of piperazine rings is 1. The van der Waals surface area contributed by atoms with Crippen LogP contribution >= 0.6 is 11.3 Å². The number of fused-ring (bicyclic) bond motifs is 1. The number of carbonyl (C=O) groups is 2. The number of nitrogens with one attached hydrogen (secondary N) is 1. The molecule has 0 saturated carbocycles. The highest BCUT2D eigenvalue weighted by atomic mass is 32.1. The minimum Gasteiger partial charge on any atom is -0.497 e. The van der Waals surface area contributed by atoms with Gasteiger partial charge in [-0.25, -0.2) is 4.98 Å². The third-order valence-electron chi connectivity index (χ3n) is 5.67. The molecule has 164 valence electrons. The smallest absolute Gasteiger partial charge is 0.275 e. The summed E-state index contributed by atoms with van der Waals surface area (Å²) in [6.45, 7) is 4.28. The van der Waals surface area contributed by atoms with Gasteiger partial charge in [0.15, 0.2) is 5.13 Å². The molecule has 2 amide bonds. The van der Waals surface area contributed by atoms with Crippen LogP contribution in [0.5, 0.6) is 5.75 Å². The van der Waals surface area contributed by atoms with E-state index in [0.29, 0.717) is 28.7 Å². The third-order valence-corrected chi connectivity index (χ3v) is 6.53. The minimum absolute atomic E-state index is 0.142. The molecule has 1 saturated heterocycles. The molecule has 3 N–H and O–H groups in total. The van der Waals surface area contributed by atoms with Crippen LogP contribution in [0.4, 0.5) is 16.5 Å². The number of quaternary nitrogens is 1. The van der Waals surface area contributed by atoms with Crippen molar-refractivity contribution in [2.24, 2.45) is 0 Å². The van der Waals surface area contributed by atoms with Crippen molar-refractivity contribution in [2.75, 3.05) is 48.4 Å². The molecule has 0 spiro atoms. The van der Waals surface area contributed by atoms with E-state index in [9.17, 15) is 9.59 Å². The summed E-state index contributed by atoms with van der Waals surface area (Å²) < 4.78 is 5.23. The van der Waals surface area contributed by atoms with Crippen molar-refractivity contribution in [1.82, 2.24) is 9.97 Å². The predicted octanol–water partition coefficient (Wildman–Crippen LogP) is 1.34. The Kier molecular flexibility index (Phi) is 5.46. The monoisotopic (exact) mass is 451 g/mol. The van der Waals surface area contributed by atoms with Crippen LogP contribution in [-0.4, -0.2) is 55.1 Å². The summed E-state index contributed by atoms with van der Waals surface area (Å²) >= 11 is 1.27. The van der Waals surface area contributed by atoms with Gasteiger partial charge in [-0.3, -0.25) is 19.5 Å². The van der Waals surface area contributed by atoms with Gasteiger partial charge in [0.25, 0.3) is 11.8 Å². The molecule has 1 fully saturated rings. The first kappa shape index (κ1) is 20.4. The lowest BCUT2D eigenvalue weighted by atomic mass is 10.1. The number of benzene rings is 1. The number of thiazole rings is 1. The maximum absolute atomic E-state index is 12.9. The van der Waals surface area contributed by atoms with Crippen LogP contribution in [0.15, 0.2) is 42.0 Å². The molecule has 32 heavy (non-hydrogen) atoms.